The first-order valence-corrected chi connectivity index (χ1v) is 10.6. The van der Waals surface area contributed by atoms with Gasteiger partial charge in [-0.25, -0.2) is 0 Å². The number of benzene rings is 3. The summed E-state index contributed by atoms with van der Waals surface area (Å²) in [4.78, 5) is 1.00. The number of hydrogen-bond acceptors (Lipinski definition) is 2. The molecule has 0 saturated carbocycles. The summed E-state index contributed by atoms with van der Waals surface area (Å²) < 4.78 is 13.3. The second kappa shape index (κ2) is 7.19. The minimum absolute atomic E-state index is 0.775. The van der Waals surface area contributed by atoms with Gasteiger partial charge < -0.3 is 4.57 Å². The molecule has 1 nitrogen and oxygen atoms in total. The molecule has 0 heterocycles. The van der Waals surface area contributed by atoms with Crippen LogP contribution in [0.25, 0.3) is 0 Å². The van der Waals surface area contributed by atoms with Crippen molar-refractivity contribution < 1.29 is 4.57 Å². The second-order valence-corrected chi connectivity index (χ2v) is 11.7. The summed E-state index contributed by atoms with van der Waals surface area (Å²) in [6.45, 7) is 1.85. The van der Waals surface area contributed by atoms with Gasteiger partial charge in [0.15, 0.2) is 11.1 Å². The van der Waals surface area contributed by atoms with E-state index in [2.05, 4.69) is 0 Å². The van der Waals surface area contributed by atoms with Gasteiger partial charge >= 0.3 is 0 Å². The number of alkyl halides is 1. The third-order valence-electron chi connectivity index (χ3n) is 3.85. The fraction of sp³-hybridized carbons (Fsp3) is 0.100. The Balaban J connectivity index is 2.13. The molecular weight excluding hydrogens is 355 g/mol. The number of rotatable bonds is 5. The smallest absolute Gasteiger partial charge is 0.172 e. The third-order valence-corrected chi connectivity index (χ3v) is 9.90. The van der Waals surface area contributed by atoms with Crippen molar-refractivity contribution in [1.82, 2.24) is 0 Å². The lowest BCUT2D eigenvalue weighted by Gasteiger charge is -2.32. The largest absolute Gasteiger partial charge is 0.311 e. The van der Waals surface area contributed by atoms with Crippen LogP contribution in [0.5, 0.6) is 0 Å². The Bertz CT molecular complexity index is 792. The Morgan fingerprint density at radius 3 is 1.54 bits per heavy atom. The van der Waals surface area contributed by atoms with Gasteiger partial charge in [0.1, 0.15) is 0 Å². The summed E-state index contributed by atoms with van der Waals surface area (Å²) in [6, 6.07) is 29.0. The third kappa shape index (κ3) is 3.32. The monoisotopic (exact) mass is 372 g/mol. The predicted molar refractivity (Wildman–Crippen MR) is 106 cm³/mol. The van der Waals surface area contributed by atoms with Crippen molar-refractivity contribution in [2.24, 2.45) is 0 Å². The first-order chi connectivity index (χ1) is 11.5. The van der Waals surface area contributed by atoms with Crippen LogP contribution in [0.4, 0.5) is 0 Å². The van der Waals surface area contributed by atoms with Crippen LogP contribution in [0, 0.1) is 0 Å². The molecular formula is C20H18ClOPS. The van der Waals surface area contributed by atoms with Gasteiger partial charge in [-0.1, -0.05) is 102 Å². The maximum Gasteiger partial charge on any atom is 0.172 e. The van der Waals surface area contributed by atoms with E-state index in [1.807, 2.05) is 97.9 Å². The molecule has 0 spiro atoms. The minimum Gasteiger partial charge on any atom is -0.311 e. The van der Waals surface area contributed by atoms with E-state index in [-0.39, 0.29) is 0 Å². The van der Waals surface area contributed by atoms with E-state index in [1.54, 1.807) is 0 Å². The summed E-state index contributed by atoms with van der Waals surface area (Å²) in [5.41, 5.74) is 0. The van der Waals surface area contributed by atoms with Gasteiger partial charge in [0.05, 0.1) is 0 Å². The molecule has 24 heavy (non-hydrogen) atoms. The van der Waals surface area contributed by atoms with E-state index >= 15 is 0 Å². The molecule has 3 aromatic carbocycles. The molecule has 0 saturated heterocycles. The molecule has 4 heteroatoms. The van der Waals surface area contributed by atoms with Crippen LogP contribution in [0.15, 0.2) is 95.9 Å². The van der Waals surface area contributed by atoms with Gasteiger partial charge in [-0.2, -0.15) is 0 Å². The highest BCUT2D eigenvalue weighted by atomic mass is 35.5. The highest BCUT2D eigenvalue weighted by molar-refractivity contribution is 8.11. The maximum absolute atomic E-state index is 14.3. The number of halogens is 1. The lowest BCUT2D eigenvalue weighted by atomic mass is 10.4. The van der Waals surface area contributed by atoms with Crippen LogP contribution in [0.1, 0.15) is 6.92 Å². The molecule has 3 rings (SSSR count). The molecule has 1 unspecified atom stereocenters. The Labute approximate surface area is 152 Å². The minimum atomic E-state index is -3.06. The van der Waals surface area contributed by atoms with Crippen molar-refractivity contribution in [3.05, 3.63) is 91.0 Å². The lowest BCUT2D eigenvalue weighted by molar-refractivity contribution is 0.584. The number of hydrogen-bond donors (Lipinski definition) is 0. The van der Waals surface area contributed by atoms with Crippen molar-refractivity contribution in [3.8, 4) is 0 Å². The van der Waals surface area contributed by atoms with Crippen LogP contribution in [0.2, 0.25) is 0 Å². The molecule has 1 atom stereocenters. The zero-order valence-electron chi connectivity index (χ0n) is 13.3. The van der Waals surface area contributed by atoms with Crippen LogP contribution < -0.4 is 10.6 Å². The zero-order valence-corrected chi connectivity index (χ0v) is 15.8. The summed E-state index contributed by atoms with van der Waals surface area (Å²) in [7, 11) is -3.06. The normalized spacial score (nSPS) is 14.1. The summed E-state index contributed by atoms with van der Waals surface area (Å²) in [5, 5.41) is 1.55. The Hall–Kier alpha value is -1.47. The molecule has 0 aliphatic carbocycles. The lowest BCUT2D eigenvalue weighted by Crippen LogP contribution is -2.28. The second-order valence-electron chi connectivity index (χ2n) is 5.57. The van der Waals surface area contributed by atoms with Crippen molar-refractivity contribution in [2.75, 3.05) is 0 Å². The maximum atomic E-state index is 14.3. The molecule has 122 valence electrons. The van der Waals surface area contributed by atoms with Crippen LogP contribution in [0.3, 0.4) is 0 Å². The predicted octanol–water partition coefficient (Wildman–Crippen LogP) is 5.71. The highest BCUT2D eigenvalue weighted by Crippen LogP contribution is 2.64. The first-order valence-electron chi connectivity index (χ1n) is 7.68. The highest BCUT2D eigenvalue weighted by Gasteiger charge is 2.46. The molecule has 0 fully saturated rings. The molecule has 0 aromatic heterocycles. The molecule has 0 aliphatic heterocycles. The van der Waals surface area contributed by atoms with E-state index < -0.39 is 11.1 Å². The molecule has 0 N–H and O–H groups in total. The average molecular weight is 373 g/mol. The molecule has 0 aliphatic rings. The Morgan fingerprint density at radius 1 is 0.750 bits per heavy atom. The van der Waals surface area contributed by atoms with Gasteiger partial charge in [0.2, 0.25) is 0 Å². The van der Waals surface area contributed by atoms with Crippen molar-refractivity contribution in [2.45, 2.75) is 15.8 Å². The van der Waals surface area contributed by atoms with Crippen molar-refractivity contribution >= 4 is 41.1 Å². The summed E-state index contributed by atoms with van der Waals surface area (Å²) >= 11 is 8.39. The quantitative estimate of drug-likeness (QED) is 0.324. The van der Waals surface area contributed by atoms with E-state index in [9.17, 15) is 4.57 Å². The van der Waals surface area contributed by atoms with Crippen LogP contribution >= 0.6 is 30.5 Å². The van der Waals surface area contributed by atoms with Gasteiger partial charge in [0.25, 0.3) is 0 Å². The Morgan fingerprint density at radius 2 is 1.12 bits per heavy atom. The van der Waals surface area contributed by atoms with Gasteiger partial charge in [0, 0.05) is 15.5 Å². The standard InChI is InChI=1S/C20H18ClOPS/c1-20(21,24-19-15-9-4-10-16-19)23(22,17-11-5-2-6-12-17)18-13-7-3-8-14-18/h2-16H,1H3. The SMILES string of the molecule is CC(Cl)(Sc1ccccc1)P(=O)(c1ccccc1)c1ccccc1. The summed E-state index contributed by atoms with van der Waals surface area (Å²) in [6.07, 6.45) is 0. The topological polar surface area (TPSA) is 17.1 Å². The fourth-order valence-electron chi connectivity index (χ4n) is 2.65. The van der Waals surface area contributed by atoms with E-state index in [4.69, 9.17) is 11.6 Å². The molecule has 3 aromatic rings. The first kappa shape index (κ1) is 17.4. The van der Waals surface area contributed by atoms with E-state index in [0.29, 0.717) is 0 Å². The van der Waals surface area contributed by atoms with Gasteiger partial charge in [-0.3, -0.25) is 0 Å². The number of thioether (sulfide) groups is 1. The van der Waals surface area contributed by atoms with Gasteiger partial charge in [-0.05, 0) is 19.1 Å². The molecule has 0 bridgehead atoms. The van der Waals surface area contributed by atoms with E-state index in [1.165, 1.54) is 11.8 Å². The fourth-order valence-corrected chi connectivity index (χ4v) is 8.10. The van der Waals surface area contributed by atoms with Gasteiger partial charge in [-0.15, -0.1) is 0 Å². The van der Waals surface area contributed by atoms with E-state index in [0.717, 1.165) is 15.5 Å². The van der Waals surface area contributed by atoms with Crippen LogP contribution in [-0.4, -0.2) is 3.95 Å². The Kier molecular flexibility index (Phi) is 5.20. The van der Waals surface area contributed by atoms with Crippen molar-refractivity contribution in [1.29, 1.82) is 0 Å². The van der Waals surface area contributed by atoms with Crippen LogP contribution in [-0.2, 0) is 4.57 Å². The summed E-state index contributed by atoms with van der Waals surface area (Å²) in [5.74, 6) is 0. The average Bonchev–Trinajstić information content (AvgIpc) is 2.63. The zero-order chi connectivity index (χ0) is 17.0. The molecule has 0 amide bonds. The molecule has 0 radical (unpaired) electrons. The van der Waals surface area contributed by atoms with Crippen molar-refractivity contribution in [3.63, 3.8) is 0 Å².